The van der Waals surface area contributed by atoms with Crippen LogP contribution in [0.2, 0.25) is 0 Å². The minimum atomic E-state index is -1.66. The summed E-state index contributed by atoms with van der Waals surface area (Å²) in [4.78, 5) is 0. The molecule has 4 rings (SSSR count). The van der Waals surface area contributed by atoms with E-state index in [-0.39, 0.29) is 24.7 Å². The molecule has 0 aliphatic heterocycles. The van der Waals surface area contributed by atoms with Gasteiger partial charge in [0.25, 0.3) is 0 Å². The Balaban J connectivity index is 1.89. The molecule has 150 valence electrons. The van der Waals surface area contributed by atoms with Crippen LogP contribution >= 0.6 is 0 Å². The molecule has 4 fully saturated rings. The summed E-state index contributed by atoms with van der Waals surface area (Å²) in [5, 5.41) is 67.1. The maximum Gasteiger partial charge on any atom is 0.104 e. The van der Waals surface area contributed by atoms with Crippen LogP contribution in [0.25, 0.3) is 0 Å². The topological polar surface area (TPSA) is 121 Å². The van der Waals surface area contributed by atoms with Gasteiger partial charge in [0.05, 0.1) is 29.5 Å². The average Bonchev–Trinajstić information content (AvgIpc) is 2.72. The van der Waals surface area contributed by atoms with E-state index in [1.807, 2.05) is 0 Å². The monoisotopic (exact) mass is 370 g/mol. The first-order valence-corrected chi connectivity index (χ1v) is 9.94. The minimum absolute atomic E-state index is 0.116. The van der Waals surface area contributed by atoms with E-state index >= 15 is 0 Å². The fourth-order valence-corrected chi connectivity index (χ4v) is 7.80. The summed E-state index contributed by atoms with van der Waals surface area (Å²) in [6, 6.07) is 0. The van der Waals surface area contributed by atoms with Gasteiger partial charge in [-0.25, -0.2) is 0 Å². The molecule has 0 aromatic heterocycles. The molecule has 10 atom stereocenters. The zero-order chi connectivity index (χ0) is 19.5. The third-order valence-electron chi connectivity index (χ3n) is 9.26. The smallest absolute Gasteiger partial charge is 0.104 e. The average molecular weight is 370 g/mol. The summed E-state index contributed by atoms with van der Waals surface area (Å²) < 4.78 is 0. The van der Waals surface area contributed by atoms with E-state index < -0.39 is 51.9 Å². The summed E-state index contributed by atoms with van der Waals surface area (Å²) in [5.74, 6) is -1.34. The molecule has 0 aromatic carbocycles. The molecular formula is C20H34O6. The van der Waals surface area contributed by atoms with Gasteiger partial charge in [-0.05, 0) is 51.9 Å². The summed E-state index contributed by atoms with van der Waals surface area (Å²) in [5.41, 5.74) is -5.91. The number of aliphatic hydroxyl groups excluding tert-OH is 3. The maximum absolute atomic E-state index is 11.7. The molecule has 0 saturated heterocycles. The van der Waals surface area contributed by atoms with E-state index in [1.54, 1.807) is 27.7 Å². The van der Waals surface area contributed by atoms with Crippen LogP contribution in [-0.2, 0) is 0 Å². The van der Waals surface area contributed by atoms with Gasteiger partial charge in [0.1, 0.15) is 5.60 Å². The summed E-state index contributed by atoms with van der Waals surface area (Å²) in [6.45, 7) is 6.87. The molecule has 26 heavy (non-hydrogen) atoms. The summed E-state index contributed by atoms with van der Waals surface area (Å²) in [7, 11) is 0. The van der Waals surface area contributed by atoms with Crippen molar-refractivity contribution in [2.24, 2.45) is 28.6 Å². The third-order valence-corrected chi connectivity index (χ3v) is 9.26. The molecule has 0 aromatic rings. The Morgan fingerprint density at radius 2 is 1.42 bits per heavy atom. The second-order valence-corrected chi connectivity index (χ2v) is 10.7. The minimum Gasteiger partial charge on any atom is -0.392 e. The molecule has 6 nitrogen and oxygen atoms in total. The van der Waals surface area contributed by atoms with Gasteiger partial charge in [-0.3, -0.25) is 0 Å². The molecule has 0 radical (unpaired) electrons. The third kappa shape index (κ3) is 1.89. The molecule has 0 amide bonds. The summed E-state index contributed by atoms with van der Waals surface area (Å²) >= 11 is 0. The highest BCUT2D eigenvalue weighted by Gasteiger charge is 2.76. The van der Waals surface area contributed by atoms with E-state index in [9.17, 15) is 30.6 Å². The highest BCUT2D eigenvalue weighted by atomic mass is 16.4. The van der Waals surface area contributed by atoms with Gasteiger partial charge in [-0.1, -0.05) is 13.8 Å². The molecule has 4 saturated carbocycles. The highest BCUT2D eigenvalue weighted by molar-refractivity contribution is 5.25. The van der Waals surface area contributed by atoms with Crippen LogP contribution in [0.1, 0.15) is 59.8 Å². The van der Waals surface area contributed by atoms with Gasteiger partial charge in [0, 0.05) is 22.7 Å². The van der Waals surface area contributed by atoms with Crippen LogP contribution in [0, 0.1) is 28.6 Å². The van der Waals surface area contributed by atoms with E-state index in [0.717, 1.165) is 0 Å². The lowest BCUT2D eigenvalue weighted by molar-refractivity contribution is -0.201. The van der Waals surface area contributed by atoms with Crippen molar-refractivity contribution in [3.8, 4) is 0 Å². The SMILES string of the molecule is CC1(C)[C@H](O)C[C@H]2[C@](C)(O)[C@@H]3CC[C@@H]4[C@@H](O)[C@@]3(C[C@@H](O)[C@@]21O)C[C@@]4(C)O. The van der Waals surface area contributed by atoms with Gasteiger partial charge in [0.2, 0.25) is 0 Å². The Kier molecular flexibility index (Phi) is 3.69. The molecule has 4 aliphatic rings. The fourth-order valence-electron chi connectivity index (χ4n) is 7.80. The number of rotatable bonds is 0. The molecule has 2 bridgehead atoms. The highest BCUT2D eigenvalue weighted by Crippen LogP contribution is 2.69. The molecule has 0 heterocycles. The van der Waals surface area contributed by atoms with Crippen molar-refractivity contribution in [3.63, 3.8) is 0 Å². The second-order valence-electron chi connectivity index (χ2n) is 10.7. The largest absolute Gasteiger partial charge is 0.392 e. The number of hydrogen-bond acceptors (Lipinski definition) is 6. The van der Waals surface area contributed by atoms with Crippen molar-refractivity contribution in [1.82, 2.24) is 0 Å². The quantitative estimate of drug-likeness (QED) is 0.361. The zero-order valence-corrected chi connectivity index (χ0v) is 16.2. The normalized spacial score (nSPS) is 63.9. The Morgan fingerprint density at radius 3 is 2.04 bits per heavy atom. The number of fused-ring (bicyclic) bond motifs is 2. The molecule has 6 N–H and O–H groups in total. The van der Waals surface area contributed by atoms with Crippen LogP contribution < -0.4 is 0 Å². The molecule has 0 unspecified atom stereocenters. The van der Waals surface area contributed by atoms with E-state index in [2.05, 4.69) is 0 Å². The lowest BCUT2D eigenvalue weighted by atomic mass is 9.57. The Labute approximate surface area is 154 Å². The van der Waals surface area contributed by atoms with E-state index in [1.165, 1.54) is 0 Å². The van der Waals surface area contributed by atoms with Crippen molar-refractivity contribution >= 4 is 0 Å². The van der Waals surface area contributed by atoms with Crippen LogP contribution in [0.5, 0.6) is 0 Å². The van der Waals surface area contributed by atoms with E-state index in [0.29, 0.717) is 19.3 Å². The molecule has 1 spiro atoms. The lowest BCUT2D eigenvalue weighted by Crippen LogP contribution is -2.60. The first-order valence-electron chi connectivity index (χ1n) is 9.94. The van der Waals surface area contributed by atoms with Gasteiger partial charge in [0.15, 0.2) is 0 Å². The van der Waals surface area contributed by atoms with Crippen LogP contribution in [-0.4, -0.2) is 65.8 Å². The maximum atomic E-state index is 11.7. The number of aliphatic hydroxyl groups is 6. The standard InChI is InChI=1S/C20H34O6/c1-16(2)13(21)7-12-18(4,25)11-6-5-10-15(23)19(11,9-17(10,3)24)8-14(22)20(12,16)26/h10-15,21-26H,5-9H2,1-4H3/t10-,11+,12+,13-,14-,15-,17-,18-,19+,20+/m1/s1. The van der Waals surface area contributed by atoms with Gasteiger partial charge >= 0.3 is 0 Å². The predicted octanol–water partition coefficient (Wildman–Crippen LogP) is 0.168. The molecule has 6 heteroatoms. The second kappa shape index (κ2) is 5.02. The van der Waals surface area contributed by atoms with Crippen molar-refractivity contribution in [1.29, 1.82) is 0 Å². The molecule has 4 aliphatic carbocycles. The number of hydrogen-bond donors (Lipinski definition) is 6. The van der Waals surface area contributed by atoms with Gasteiger partial charge < -0.3 is 30.6 Å². The fraction of sp³-hybridized carbons (Fsp3) is 1.00. The Bertz CT molecular complexity index is 615. The summed E-state index contributed by atoms with van der Waals surface area (Å²) in [6.07, 6.45) is -1.01. The van der Waals surface area contributed by atoms with Crippen LogP contribution in [0.4, 0.5) is 0 Å². The predicted molar refractivity (Wildman–Crippen MR) is 94.0 cm³/mol. The van der Waals surface area contributed by atoms with Crippen molar-refractivity contribution in [3.05, 3.63) is 0 Å². The zero-order valence-electron chi connectivity index (χ0n) is 16.2. The first-order chi connectivity index (χ1) is 11.7. The van der Waals surface area contributed by atoms with Crippen LogP contribution in [0.15, 0.2) is 0 Å². The van der Waals surface area contributed by atoms with Crippen molar-refractivity contribution in [2.75, 3.05) is 0 Å². The Morgan fingerprint density at radius 1 is 0.808 bits per heavy atom. The van der Waals surface area contributed by atoms with E-state index in [4.69, 9.17) is 0 Å². The first kappa shape index (κ1) is 19.1. The molecular weight excluding hydrogens is 336 g/mol. The van der Waals surface area contributed by atoms with Gasteiger partial charge in [-0.15, -0.1) is 0 Å². The van der Waals surface area contributed by atoms with Crippen LogP contribution in [0.3, 0.4) is 0 Å². The van der Waals surface area contributed by atoms with Gasteiger partial charge in [-0.2, -0.15) is 0 Å². The Hall–Kier alpha value is -0.240. The lowest BCUT2D eigenvalue weighted by Gasteiger charge is -2.51. The van der Waals surface area contributed by atoms with Crippen molar-refractivity contribution < 1.29 is 30.6 Å². The van der Waals surface area contributed by atoms with Crippen molar-refractivity contribution in [2.45, 2.75) is 94.9 Å².